The van der Waals surface area contributed by atoms with Gasteiger partial charge in [-0.2, -0.15) is 0 Å². The number of carboxylic acids is 2. The molecule has 0 atom stereocenters. The summed E-state index contributed by atoms with van der Waals surface area (Å²) in [5, 5.41) is 19.2. The first-order valence-electron chi connectivity index (χ1n) is 10.5. The molecule has 0 saturated carbocycles. The summed E-state index contributed by atoms with van der Waals surface area (Å²) in [5.41, 5.74) is 0.647. The largest absolute Gasteiger partial charge is 0.493 e. The van der Waals surface area contributed by atoms with Crippen LogP contribution in [0.2, 0.25) is 0 Å². The molecule has 8 heteroatoms. The average Bonchev–Trinajstić information content (AvgIpc) is 2.78. The highest BCUT2D eigenvalue weighted by Crippen LogP contribution is 2.47. The fourth-order valence-electron chi connectivity index (χ4n) is 3.09. The smallest absolute Gasteiger partial charge is 0.335 e. The van der Waals surface area contributed by atoms with Crippen molar-refractivity contribution in [3.63, 3.8) is 0 Å². The van der Waals surface area contributed by atoms with Crippen LogP contribution >= 0.6 is 0 Å². The second kappa shape index (κ2) is 11.8. The number of carbonyl (C=O) groups is 2. The molecule has 0 fully saturated rings. The van der Waals surface area contributed by atoms with E-state index in [2.05, 4.69) is 0 Å². The summed E-state index contributed by atoms with van der Waals surface area (Å²) in [6, 6.07) is 5.62. The Labute approximate surface area is 187 Å². The lowest BCUT2D eigenvalue weighted by molar-refractivity contribution is 0.0685. The van der Waals surface area contributed by atoms with E-state index >= 15 is 0 Å². The monoisotopic (exact) mass is 446 g/mol. The topological polar surface area (TPSA) is 112 Å². The Hall–Kier alpha value is -3.42. The van der Waals surface area contributed by atoms with Crippen LogP contribution < -0.4 is 18.9 Å². The van der Waals surface area contributed by atoms with Crippen LogP contribution in [-0.4, -0.2) is 49.6 Å². The first kappa shape index (κ1) is 24.8. The molecule has 0 aromatic heterocycles. The number of rotatable bonds is 13. The first-order chi connectivity index (χ1) is 15.4. The Balaban J connectivity index is 2.83. The second-order valence-corrected chi connectivity index (χ2v) is 7.12. The number of benzene rings is 2. The van der Waals surface area contributed by atoms with Crippen molar-refractivity contribution >= 4 is 11.9 Å². The van der Waals surface area contributed by atoms with Gasteiger partial charge in [0.05, 0.1) is 38.6 Å². The van der Waals surface area contributed by atoms with Crippen LogP contribution in [0, 0.1) is 0 Å². The molecule has 2 rings (SSSR count). The molecule has 0 heterocycles. The van der Waals surface area contributed by atoms with Crippen molar-refractivity contribution in [1.29, 1.82) is 0 Å². The Bertz CT molecular complexity index is 874. The third kappa shape index (κ3) is 5.84. The van der Waals surface area contributed by atoms with E-state index in [0.717, 1.165) is 25.7 Å². The van der Waals surface area contributed by atoms with Crippen LogP contribution in [0.5, 0.6) is 23.0 Å². The molecule has 0 bridgehead atoms. The van der Waals surface area contributed by atoms with E-state index in [4.69, 9.17) is 18.9 Å². The number of ether oxygens (including phenoxy) is 4. The molecular weight excluding hydrogens is 416 g/mol. The average molecular weight is 446 g/mol. The minimum absolute atomic E-state index is 0.0288. The highest BCUT2D eigenvalue weighted by Gasteiger charge is 2.24. The molecule has 0 unspecified atom stereocenters. The Morgan fingerprint density at radius 2 is 1.09 bits per heavy atom. The van der Waals surface area contributed by atoms with Gasteiger partial charge in [0.1, 0.15) is 0 Å². The maximum absolute atomic E-state index is 11.8. The standard InChI is InChI=1S/C24H30O8/c1-5-7-9-31-21-17(11-15(23(25)26)13-19(21)29-3)18-12-16(24(27)28)14-20(30-4)22(18)32-10-8-6-2/h11-14H,5-10H2,1-4H3,(H,25,26)(H,27,28). The van der Waals surface area contributed by atoms with Crippen molar-refractivity contribution in [2.45, 2.75) is 39.5 Å². The predicted molar refractivity (Wildman–Crippen MR) is 120 cm³/mol. The molecule has 8 nitrogen and oxygen atoms in total. The van der Waals surface area contributed by atoms with E-state index < -0.39 is 11.9 Å². The molecule has 2 aromatic rings. The van der Waals surface area contributed by atoms with Crippen LogP contribution in [0.1, 0.15) is 60.2 Å². The molecule has 0 aliphatic rings. The number of aromatic carboxylic acids is 2. The number of hydrogen-bond acceptors (Lipinski definition) is 6. The second-order valence-electron chi connectivity index (χ2n) is 7.12. The molecule has 2 aromatic carbocycles. The van der Waals surface area contributed by atoms with E-state index in [0.29, 0.717) is 35.8 Å². The minimum Gasteiger partial charge on any atom is -0.493 e. The SMILES string of the molecule is CCCCOc1c(OC)cc(C(=O)O)cc1-c1cc(C(=O)O)cc(OC)c1OCCCC. The summed E-state index contributed by atoms with van der Waals surface area (Å²) in [5.74, 6) is -1.21. The molecular formula is C24H30O8. The third-order valence-corrected chi connectivity index (χ3v) is 4.82. The van der Waals surface area contributed by atoms with Crippen molar-refractivity contribution in [2.24, 2.45) is 0 Å². The van der Waals surface area contributed by atoms with Crippen molar-refractivity contribution in [3.8, 4) is 34.1 Å². The van der Waals surface area contributed by atoms with E-state index in [9.17, 15) is 19.8 Å². The van der Waals surface area contributed by atoms with Crippen LogP contribution in [0.15, 0.2) is 24.3 Å². The molecule has 0 radical (unpaired) electrons. The molecule has 0 amide bonds. The van der Waals surface area contributed by atoms with Crippen LogP contribution in [-0.2, 0) is 0 Å². The molecule has 174 valence electrons. The maximum Gasteiger partial charge on any atom is 0.335 e. The first-order valence-corrected chi connectivity index (χ1v) is 10.5. The van der Waals surface area contributed by atoms with E-state index in [1.807, 2.05) is 13.8 Å². The highest BCUT2D eigenvalue weighted by atomic mass is 16.5. The van der Waals surface area contributed by atoms with Crippen LogP contribution in [0.25, 0.3) is 11.1 Å². The van der Waals surface area contributed by atoms with E-state index in [1.54, 1.807) is 0 Å². The summed E-state index contributed by atoms with van der Waals surface area (Å²) in [6.07, 6.45) is 3.36. The van der Waals surface area contributed by atoms with Crippen molar-refractivity contribution < 1.29 is 38.7 Å². The molecule has 0 aliphatic heterocycles. The van der Waals surface area contributed by atoms with E-state index in [-0.39, 0.29) is 22.6 Å². The zero-order valence-electron chi connectivity index (χ0n) is 18.9. The van der Waals surface area contributed by atoms with Gasteiger partial charge < -0.3 is 29.2 Å². The Kier molecular flexibility index (Phi) is 9.19. The molecule has 0 spiro atoms. The molecule has 32 heavy (non-hydrogen) atoms. The number of unbranched alkanes of at least 4 members (excludes halogenated alkanes) is 2. The van der Waals surface area contributed by atoms with Gasteiger partial charge in [0.15, 0.2) is 23.0 Å². The summed E-state index contributed by atoms with van der Waals surface area (Å²) in [4.78, 5) is 23.5. The van der Waals surface area contributed by atoms with Gasteiger partial charge in [-0.25, -0.2) is 9.59 Å². The van der Waals surface area contributed by atoms with Crippen molar-refractivity contribution in [1.82, 2.24) is 0 Å². The number of carboxylic acid groups (broad SMARTS) is 2. The normalized spacial score (nSPS) is 10.5. The van der Waals surface area contributed by atoms with Crippen LogP contribution in [0.3, 0.4) is 0 Å². The van der Waals surface area contributed by atoms with Crippen molar-refractivity contribution in [2.75, 3.05) is 27.4 Å². The number of methoxy groups -OCH3 is 2. The third-order valence-electron chi connectivity index (χ3n) is 4.82. The molecule has 2 N–H and O–H groups in total. The van der Waals surface area contributed by atoms with Gasteiger partial charge in [-0.3, -0.25) is 0 Å². The van der Waals surface area contributed by atoms with Crippen molar-refractivity contribution in [3.05, 3.63) is 35.4 Å². The maximum atomic E-state index is 11.8. The fraction of sp³-hybridized carbons (Fsp3) is 0.417. The minimum atomic E-state index is -1.15. The van der Waals surface area contributed by atoms with Gasteiger partial charge >= 0.3 is 11.9 Å². The summed E-state index contributed by atoms with van der Waals surface area (Å²) >= 11 is 0. The van der Waals surface area contributed by atoms with Gasteiger partial charge in [-0.05, 0) is 37.1 Å². The van der Waals surface area contributed by atoms with Gasteiger partial charge in [0.2, 0.25) is 0 Å². The quantitative estimate of drug-likeness (QED) is 0.408. The van der Waals surface area contributed by atoms with Gasteiger partial charge in [0.25, 0.3) is 0 Å². The fourth-order valence-corrected chi connectivity index (χ4v) is 3.09. The Morgan fingerprint density at radius 3 is 1.38 bits per heavy atom. The zero-order chi connectivity index (χ0) is 23.7. The molecule has 0 saturated heterocycles. The molecule has 0 aliphatic carbocycles. The van der Waals surface area contributed by atoms with Crippen LogP contribution in [0.4, 0.5) is 0 Å². The lowest BCUT2D eigenvalue weighted by atomic mass is 9.97. The predicted octanol–water partition coefficient (Wildman–Crippen LogP) is 5.13. The highest BCUT2D eigenvalue weighted by molar-refractivity contribution is 5.96. The summed E-state index contributed by atoms with van der Waals surface area (Å²) in [7, 11) is 2.84. The van der Waals surface area contributed by atoms with Gasteiger partial charge in [0, 0.05) is 11.1 Å². The number of hydrogen-bond donors (Lipinski definition) is 2. The summed E-state index contributed by atoms with van der Waals surface area (Å²) < 4.78 is 22.8. The lowest BCUT2D eigenvalue weighted by Crippen LogP contribution is -2.07. The van der Waals surface area contributed by atoms with Gasteiger partial charge in [-0.15, -0.1) is 0 Å². The lowest BCUT2D eigenvalue weighted by Gasteiger charge is -2.20. The Morgan fingerprint density at radius 1 is 0.719 bits per heavy atom. The van der Waals surface area contributed by atoms with E-state index in [1.165, 1.54) is 38.5 Å². The van der Waals surface area contributed by atoms with Gasteiger partial charge in [-0.1, -0.05) is 26.7 Å². The zero-order valence-corrected chi connectivity index (χ0v) is 18.9. The summed E-state index contributed by atoms with van der Waals surface area (Å²) in [6.45, 7) is 4.81.